The summed E-state index contributed by atoms with van der Waals surface area (Å²) in [6, 6.07) is 8.02. The first-order valence-corrected chi connectivity index (χ1v) is 8.00. The van der Waals surface area contributed by atoms with E-state index in [2.05, 4.69) is 15.7 Å². The molecule has 2 aromatic rings. The highest BCUT2D eigenvalue weighted by Crippen LogP contribution is 2.41. The van der Waals surface area contributed by atoms with Crippen molar-refractivity contribution in [2.75, 3.05) is 6.54 Å². The summed E-state index contributed by atoms with van der Waals surface area (Å²) in [6.45, 7) is 3.32. The van der Waals surface area contributed by atoms with Gasteiger partial charge in [-0.25, -0.2) is 4.98 Å². The lowest BCUT2D eigenvalue weighted by molar-refractivity contribution is 0.174. The van der Waals surface area contributed by atoms with E-state index < -0.39 is 6.10 Å². The zero-order chi connectivity index (χ0) is 13.9. The lowest BCUT2D eigenvalue weighted by Gasteiger charge is -2.12. The molecule has 1 aromatic heterocycles. The van der Waals surface area contributed by atoms with Gasteiger partial charge in [0.15, 0.2) is 0 Å². The molecule has 20 heavy (non-hydrogen) atoms. The lowest BCUT2D eigenvalue weighted by atomic mass is 10.1. The maximum atomic E-state index is 10.1. The van der Waals surface area contributed by atoms with Gasteiger partial charge in [-0.2, -0.15) is 0 Å². The minimum Gasteiger partial charge on any atom is -0.387 e. The zero-order valence-corrected chi connectivity index (χ0v) is 12.5. The largest absolute Gasteiger partial charge is 0.387 e. The van der Waals surface area contributed by atoms with Crippen molar-refractivity contribution in [2.45, 2.75) is 38.3 Å². The smallest absolute Gasteiger partial charge is 0.0959 e. The Morgan fingerprint density at radius 1 is 1.45 bits per heavy atom. The highest BCUT2D eigenvalue weighted by Gasteiger charge is 2.26. The fraction of sp³-hybridized carbons (Fsp3) is 0.438. The first kappa shape index (κ1) is 13.7. The first-order chi connectivity index (χ1) is 9.72. The van der Waals surface area contributed by atoms with Crippen LogP contribution >= 0.6 is 11.3 Å². The molecule has 3 nitrogen and oxygen atoms in total. The summed E-state index contributed by atoms with van der Waals surface area (Å²) >= 11 is 1.76. The monoisotopic (exact) mass is 288 g/mol. The van der Waals surface area contributed by atoms with Gasteiger partial charge in [0.1, 0.15) is 0 Å². The van der Waals surface area contributed by atoms with Crippen LogP contribution in [0.1, 0.15) is 46.7 Å². The van der Waals surface area contributed by atoms with Crippen LogP contribution in [0, 0.1) is 6.92 Å². The summed E-state index contributed by atoms with van der Waals surface area (Å²) in [5, 5.41) is 16.8. The predicted octanol–water partition coefficient (Wildman–Crippen LogP) is 3.15. The fourth-order valence-corrected chi connectivity index (χ4v) is 3.24. The molecule has 1 aliphatic rings. The topological polar surface area (TPSA) is 45.1 Å². The van der Waals surface area contributed by atoms with Crippen LogP contribution in [0.25, 0.3) is 0 Å². The Hall–Kier alpha value is -1.23. The maximum absolute atomic E-state index is 10.1. The molecule has 3 rings (SSSR count). The van der Waals surface area contributed by atoms with Crippen molar-refractivity contribution in [1.29, 1.82) is 0 Å². The summed E-state index contributed by atoms with van der Waals surface area (Å²) in [5.41, 5.74) is 3.23. The number of aryl methyl sites for hydroxylation is 1. The molecule has 0 radical (unpaired) electrons. The van der Waals surface area contributed by atoms with E-state index in [1.165, 1.54) is 23.4 Å². The van der Waals surface area contributed by atoms with Gasteiger partial charge in [-0.1, -0.05) is 29.8 Å². The van der Waals surface area contributed by atoms with Crippen molar-refractivity contribution >= 4 is 11.3 Å². The van der Waals surface area contributed by atoms with Crippen molar-refractivity contribution in [3.63, 3.8) is 0 Å². The molecular formula is C16H20N2OS. The van der Waals surface area contributed by atoms with Gasteiger partial charge in [0.2, 0.25) is 0 Å². The van der Waals surface area contributed by atoms with Crippen molar-refractivity contribution < 1.29 is 5.11 Å². The van der Waals surface area contributed by atoms with Crippen molar-refractivity contribution in [3.8, 4) is 0 Å². The summed E-state index contributed by atoms with van der Waals surface area (Å²) < 4.78 is 0. The fourth-order valence-electron chi connectivity index (χ4n) is 2.25. The van der Waals surface area contributed by atoms with Crippen LogP contribution in [0.15, 0.2) is 29.6 Å². The van der Waals surface area contributed by atoms with Crippen LogP contribution in [0.4, 0.5) is 0 Å². The van der Waals surface area contributed by atoms with E-state index in [-0.39, 0.29) is 0 Å². The molecule has 1 aromatic carbocycles. The van der Waals surface area contributed by atoms with Gasteiger partial charge in [-0.05, 0) is 25.3 Å². The maximum Gasteiger partial charge on any atom is 0.0959 e. The number of rotatable bonds is 6. The minimum absolute atomic E-state index is 0.462. The number of aliphatic hydroxyl groups excluding tert-OH is 1. The van der Waals surface area contributed by atoms with Gasteiger partial charge in [0.25, 0.3) is 0 Å². The molecule has 1 aliphatic carbocycles. The number of aromatic nitrogens is 1. The molecule has 4 heteroatoms. The summed E-state index contributed by atoms with van der Waals surface area (Å²) in [5.74, 6) is 0.728. The number of thiazole rings is 1. The predicted molar refractivity (Wildman–Crippen MR) is 81.9 cm³/mol. The van der Waals surface area contributed by atoms with Crippen molar-refractivity contribution in [1.82, 2.24) is 10.3 Å². The Morgan fingerprint density at radius 3 is 3.05 bits per heavy atom. The third kappa shape index (κ3) is 3.45. The van der Waals surface area contributed by atoms with Gasteiger partial charge in [-0.15, -0.1) is 11.3 Å². The summed E-state index contributed by atoms with van der Waals surface area (Å²) in [4.78, 5) is 4.63. The van der Waals surface area contributed by atoms with E-state index in [1.54, 1.807) is 11.3 Å². The quantitative estimate of drug-likeness (QED) is 0.858. The Bertz CT molecular complexity index is 577. The van der Waals surface area contributed by atoms with Crippen LogP contribution in [-0.4, -0.2) is 16.6 Å². The number of hydrogen-bond acceptors (Lipinski definition) is 4. The number of nitrogens with one attached hydrogen (secondary N) is 1. The zero-order valence-electron chi connectivity index (χ0n) is 11.7. The molecule has 1 heterocycles. The summed E-state index contributed by atoms with van der Waals surface area (Å²) in [6.07, 6.45) is 2.13. The lowest BCUT2D eigenvalue weighted by Crippen LogP contribution is -2.21. The van der Waals surface area contributed by atoms with E-state index in [1.807, 2.05) is 31.2 Å². The Labute approximate surface area is 123 Å². The molecule has 1 unspecified atom stereocenters. The van der Waals surface area contributed by atoms with Gasteiger partial charge in [0.05, 0.1) is 16.8 Å². The molecule has 0 aliphatic heterocycles. The van der Waals surface area contributed by atoms with Gasteiger partial charge in [-0.3, -0.25) is 0 Å². The summed E-state index contributed by atoms with van der Waals surface area (Å²) in [7, 11) is 0. The van der Waals surface area contributed by atoms with E-state index in [0.717, 1.165) is 23.7 Å². The molecular weight excluding hydrogens is 268 g/mol. The second-order valence-corrected chi connectivity index (χ2v) is 6.40. The van der Waals surface area contributed by atoms with E-state index in [4.69, 9.17) is 0 Å². The number of benzene rings is 1. The van der Waals surface area contributed by atoms with Crippen molar-refractivity contribution in [2.24, 2.45) is 0 Å². The molecule has 1 atom stereocenters. The van der Waals surface area contributed by atoms with E-state index >= 15 is 0 Å². The highest BCUT2D eigenvalue weighted by atomic mass is 32.1. The van der Waals surface area contributed by atoms with Crippen LogP contribution in [-0.2, 0) is 6.54 Å². The van der Waals surface area contributed by atoms with Crippen LogP contribution in [0.3, 0.4) is 0 Å². The third-order valence-corrected chi connectivity index (χ3v) is 4.62. The van der Waals surface area contributed by atoms with Crippen molar-refractivity contribution in [3.05, 3.63) is 51.5 Å². The highest BCUT2D eigenvalue weighted by molar-refractivity contribution is 7.09. The second kappa shape index (κ2) is 6.04. The van der Waals surface area contributed by atoms with Gasteiger partial charge < -0.3 is 10.4 Å². The Morgan fingerprint density at radius 2 is 2.30 bits per heavy atom. The Kier molecular flexibility index (Phi) is 4.15. The first-order valence-electron chi connectivity index (χ1n) is 7.12. The molecule has 1 fully saturated rings. The van der Waals surface area contributed by atoms with Gasteiger partial charge in [0, 0.05) is 24.4 Å². The SMILES string of the molecule is Cc1cccc(C(O)CNCc2csc(C3CC3)n2)c1. The number of hydrogen-bond donors (Lipinski definition) is 2. The molecule has 2 N–H and O–H groups in total. The number of nitrogens with zero attached hydrogens (tertiary/aromatic N) is 1. The minimum atomic E-state index is -0.462. The standard InChI is InChI=1S/C16H20N2OS/c1-11-3-2-4-13(7-11)15(19)9-17-8-14-10-20-16(18-14)12-5-6-12/h2-4,7,10,12,15,17,19H,5-6,8-9H2,1H3. The second-order valence-electron chi connectivity index (χ2n) is 5.51. The normalized spacial score (nSPS) is 16.3. The van der Waals surface area contributed by atoms with Crippen LogP contribution in [0.2, 0.25) is 0 Å². The van der Waals surface area contributed by atoms with Crippen LogP contribution in [0.5, 0.6) is 0 Å². The van der Waals surface area contributed by atoms with E-state index in [0.29, 0.717) is 6.54 Å². The molecule has 106 valence electrons. The Balaban J connectivity index is 1.48. The molecule has 1 saturated carbocycles. The molecule has 0 spiro atoms. The molecule has 0 bridgehead atoms. The molecule has 0 saturated heterocycles. The molecule has 0 amide bonds. The van der Waals surface area contributed by atoms with Crippen LogP contribution < -0.4 is 5.32 Å². The third-order valence-electron chi connectivity index (χ3n) is 3.57. The average Bonchev–Trinajstić information content (AvgIpc) is 3.19. The number of aliphatic hydroxyl groups is 1. The van der Waals surface area contributed by atoms with Gasteiger partial charge >= 0.3 is 0 Å². The average molecular weight is 288 g/mol. The van der Waals surface area contributed by atoms with E-state index in [9.17, 15) is 5.11 Å².